The average molecular weight is 324 g/mol. The van der Waals surface area contributed by atoms with E-state index in [1.165, 1.54) is 23.8 Å². The van der Waals surface area contributed by atoms with Crippen LogP contribution in [-0.2, 0) is 4.74 Å². The second-order valence-corrected chi connectivity index (χ2v) is 7.52. The molecule has 2 aliphatic carbocycles. The summed E-state index contributed by atoms with van der Waals surface area (Å²) in [6, 6.07) is 4.33. The van der Waals surface area contributed by atoms with Crippen LogP contribution in [0, 0.1) is 11.8 Å². The highest BCUT2D eigenvalue weighted by Gasteiger charge is 2.50. The monoisotopic (exact) mass is 324 g/mol. The Labute approximate surface area is 140 Å². The molecular weight excluding hydrogens is 304 g/mol. The van der Waals surface area contributed by atoms with Gasteiger partial charge >= 0.3 is 0 Å². The van der Waals surface area contributed by atoms with Crippen LogP contribution in [0.3, 0.4) is 0 Å². The van der Waals surface area contributed by atoms with Gasteiger partial charge in [-0.2, -0.15) is 0 Å². The Balaban J connectivity index is 1.94. The summed E-state index contributed by atoms with van der Waals surface area (Å²) >= 11 is 0. The summed E-state index contributed by atoms with van der Waals surface area (Å²) in [5, 5.41) is 9.68. The predicted octanol–water partition coefficient (Wildman–Crippen LogP) is 3.81. The van der Waals surface area contributed by atoms with Crippen molar-refractivity contribution in [3.8, 4) is 5.75 Å². The van der Waals surface area contributed by atoms with Crippen LogP contribution in [-0.4, -0.2) is 22.3 Å². The van der Waals surface area contributed by atoms with Gasteiger partial charge in [-0.3, -0.25) is 9.59 Å². The molecule has 1 heterocycles. The number of fused-ring (bicyclic) bond motifs is 3. The van der Waals surface area contributed by atoms with Gasteiger partial charge in [0.25, 0.3) is 0 Å². The quantitative estimate of drug-likeness (QED) is 0.737. The Morgan fingerprint density at radius 1 is 1.17 bits per heavy atom. The molecule has 0 saturated heterocycles. The molecule has 2 unspecified atom stereocenters. The van der Waals surface area contributed by atoms with E-state index in [0.29, 0.717) is 11.1 Å². The summed E-state index contributed by atoms with van der Waals surface area (Å²) in [5.41, 5.74) is 1.81. The van der Waals surface area contributed by atoms with E-state index in [4.69, 9.17) is 4.74 Å². The molecule has 0 aromatic heterocycles. The third-order valence-corrected chi connectivity index (χ3v) is 5.53. The molecular formula is C20H20O4. The first kappa shape index (κ1) is 15.2. The van der Waals surface area contributed by atoms with Crippen LogP contribution in [0.1, 0.15) is 54.3 Å². The predicted molar refractivity (Wildman–Crippen MR) is 88.9 cm³/mol. The lowest BCUT2D eigenvalue weighted by Gasteiger charge is -2.47. The maximum atomic E-state index is 13.1. The van der Waals surface area contributed by atoms with Crippen molar-refractivity contribution in [1.29, 1.82) is 0 Å². The molecule has 0 fully saturated rings. The van der Waals surface area contributed by atoms with E-state index in [2.05, 4.69) is 13.0 Å². The Kier molecular flexibility index (Phi) is 3.05. The summed E-state index contributed by atoms with van der Waals surface area (Å²) in [5.74, 6) is -0.239. The molecule has 4 nitrogen and oxygen atoms in total. The molecule has 0 spiro atoms. The highest BCUT2D eigenvalue weighted by atomic mass is 16.5. The lowest BCUT2D eigenvalue weighted by atomic mass is 9.65. The highest BCUT2D eigenvalue weighted by molar-refractivity contribution is 6.26. The molecule has 1 N–H and O–H groups in total. The van der Waals surface area contributed by atoms with Gasteiger partial charge in [-0.1, -0.05) is 11.6 Å². The van der Waals surface area contributed by atoms with E-state index in [1.807, 2.05) is 13.8 Å². The number of hydrogen-bond donors (Lipinski definition) is 1. The average Bonchev–Trinajstić information content (AvgIpc) is 2.51. The zero-order valence-electron chi connectivity index (χ0n) is 14.1. The number of phenols is 1. The van der Waals surface area contributed by atoms with Crippen molar-refractivity contribution in [2.45, 2.75) is 39.2 Å². The van der Waals surface area contributed by atoms with E-state index in [9.17, 15) is 14.7 Å². The summed E-state index contributed by atoms with van der Waals surface area (Å²) in [6.45, 7) is 6.04. The van der Waals surface area contributed by atoms with Gasteiger partial charge < -0.3 is 9.84 Å². The van der Waals surface area contributed by atoms with Gasteiger partial charge in [0.2, 0.25) is 5.78 Å². The first-order valence-electron chi connectivity index (χ1n) is 8.32. The van der Waals surface area contributed by atoms with Gasteiger partial charge in [-0.05, 0) is 51.8 Å². The molecule has 0 radical (unpaired) electrons. The molecule has 1 aliphatic heterocycles. The number of hydrogen-bond acceptors (Lipinski definition) is 4. The van der Waals surface area contributed by atoms with Crippen LogP contribution in [0.2, 0.25) is 0 Å². The number of aromatic hydroxyl groups is 1. The lowest BCUT2D eigenvalue weighted by Crippen LogP contribution is -2.48. The number of allylic oxidation sites excluding steroid dienone is 4. The Morgan fingerprint density at radius 3 is 2.67 bits per heavy atom. The molecule has 1 aromatic carbocycles. The molecule has 124 valence electrons. The van der Waals surface area contributed by atoms with Crippen LogP contribution < -0.4 is 0 Å². The summed E-state index contributed by atoms with van der Waals surface area (Å²) < 4.78 is 6.06. The Hall–Kier alpha value is -2.36. The van der Waals surface area contributed by atoms with Gasteiger partial charge in [0.15, 0.2) is 11.5 Å². The normalized spacial score (nSPS) is 27.7. The molecule has 1 aromatic rings. The summed E-state index contributed by atoms with van der Waals surface area (Å²) in [4.78, 5) is 26.0. The van der Waals surface area contributed by atoms with Gasteiger partial charge in [0.05, 0.1) is 5.57 Å². The third-order valence-electron chi connectivity index (χ3n) is 5.53. The first-order chi connectivity index (χ1) is 11.3. The second-order valence-electron chi connectivity index (χ2n) is 7.52. The first-order valence-corrected chi connectivity index (χ1v) is 8.32. The van der Waals surface area contributed by atoms with Crippen LogP contribution in [0.25, 0.3) is 0 Å². The second kappa shape index (κ2) is 4.82. The summed E-state index contributed by atoms with van der Waals surface area (Å²) in [7, 11) is 0. The molecule has 0 bridgehead atoms. The van der Waals surface area contributed by atoms with Crippen molar-refractivity contribution < 1.29 is 19.4 Å². The number of ketones is 2. The van der Waals surface area contributed by atoms with E-state index in [0.717, 1.165) is 12.8 Å². The summed E-state index contributed by atoms with van der Waals surface area (Å²) in [6.07, 6.45) is 4.06. The van der Waals surface area contributed by atoms with Crippen molar-refractivity contribution in [3.63, 3.8) is 0 Å². The van der Waals surface area contributed by atoms with Crippen LogP contribution in [0.5, 0.6) is 5.75 Å². The largest absolute Gasteiger partial charge is 0.508 e. The molecule has 4 rings (SSSR count). The van der Waals surface area contributed by atoms with Crippen LogP contribution >= 0.6 is 0 Å². The molecule has 0 saturated carbocycles. The van der Waals surface area contributed by atoms with Gasteiger partial charge in [0, 0.05) is 23.0 Å². The fourth-order valence-corrected chi connectivity index (χ4v) is 4.29. The molecule has 2 atom stereocenters. The minimum Gasteiger partial charge on any atom is -0.508 e. The number of carbonyl (C=O) groups is 2. The molecule has 3 aliphatic rings. The van der Waals surface area contributed by atoms with Crippen molar-refractivity contribution in [2.24, 2.45) is 11.8 Å². The van der Waals surface area contributed by atoms with E-state index in [-0.39, 0.29) is 40.5 Å². The van der Waals surface area contributed by atoms with Crippen LogP contribution in [0.4, 0.5) is 0 Å². The van der Waals surface area contributed by atoms with Crippen molar-refractivity contribution in [2.75, 3.05) is 0 Å². The van der Waals surface area contributed by atoms with E-state index in [1.54, 1.807) is 0 Å². The topological polar surface area (TPSA) is 63.6 Å². The highest BCUT2D eigenvalue weighted by Crippen LogP contribution is 2.50. The zero-order chi connectivity index (χ0) is 17.2. The molecule has 4 heteroatoms. The SMILES string of the molecule is CC1=CC2C3=C(OC(C)(C)C2CC1)C(=O)c1cc(O)ccc1C3=O. The minimum absolute atomic E-state index is 0.0275. The maximum Gasteiger partial charge on any atom is 0.228 e. The fourth-order valence-electron chi connectivity index (χ4n) is 4.29. The Bertz CT molecular complexity index is 841. The standard InChI is InChI=1S/C20H20O4/c1-10-4-7-15-14(8-10)16-17(22)12-6-5-11(21)9-13(12)18(23)19(16)24-20(15,2)3/h5-6,8-9,14-15,21H,4,7H2,1-3H3. The van der Waals surface area contributed by atoms with E-state index >= 15 is 0 Å². The number of carbonyl (C=O) groups excluding carboxylic acids is 2. The number of benzene rings is 1. The molecule has 24 heavy (non-hydrogen) atoms. The lowest BCUT2D eigenvalue weighted by molar-refractivity contribution is -0.0493. The van der Waals surface area contributed by atoms with Gasteiger partial charge in [-0.25, -0.2) is 0 Å². The smallest absolute Gasteiger partial charge is 0.228 e. The number of ether oxygens (including phenoxy) is 1. The van der Waals surface area contributed by atoms with Crippen molar-refractivity contribution in [1.82, 2.24) is 0 Å². The van der Waals surface area contributed by atoms with Gasteiger partial charge in [-0.15, -0.1) is 0 Å². The fraction of sp³-hybridized carbons (Fsp3) is 0.400. The van der Waals surface area contributed by atoms with Crippen molar-refractivity contribution >= 4 is 11.6 Å². The van der Waals surface area contributed by atoms with E-state index < -0.39 is 5.60 Å². The number of rotatable bonds is 0. The zero-order valence-corrected chi connectivity index (χ0v) is 14.1. The minimum atomic E-state index is -0.509. The Morgan fingerprint density at radius 2 is 1.92 bits per heavy atom. The number of Topliss-reactive ketones (excluding diaryl/α,β-unsaturated/α-hetero) is 2. The third kappa shape index (κ3) is 1.98. The van der Waals surface area contributed by atoms with Crippen LogP contribution in [0.15, 0.2) is 41.2 Å². The van der Waals surface area contributed by atoms with Gasteiger partial charge in [0.1, 0.15) is 11.4 Å². The molecule has 0 amide bonds. The number of phenolic OH excluding ortho intramolecular Hbond substituents is 1. The van der Waals surface area contributed by atoms with Crippen molar-refractivity contribution in [3.05, 3.63) is 52.3 Å². The maximum absolute atomic E-state index is 13.1.